The fourth-order valence-electron chi connectivity index (χ4n) is 4.72. The van der Waals surface area contributed by atoms with Crippen LogP contribution in [0.25, 0.3) is 11.1 Å². The molecule has 1 aliphatic rings. The number of carbonyl (C=O) groups excluding carboxylic acids is 1. The van der Waals surface area contributed by atoms with Crippen molar-refractivity contribution in [2.45, 2.75) is 45.9 Å². The van der Waals surface area contributed by atoms with Crippen LogP contribution >= 0.6 is 0 Å². The smallest absolute Gasteiger partial charge is 0.342 e. The van der Waals surface area contributed by atoms with Crippen LogP contribution in [0.1, 0.15) is 43.1 Å². The Balaban J connectivity index is 1.59. The molecule has 1 aromatic heterocycles. The van der Waals surface area contributed by atoms with Crippen LogP contribution in [0.2, 0.25) is 0 Å². The van der Waals surface area contributed by atoms with Gasteiger partial charge < -0.3 is 14.4 Å². The first-order chi connectivity index (χ1) is 17.0. The molecule has 1 aliphatic heterocycles. The molecule has 0 amide bonds. The highest BCUT2D eigenvalue weighted by Gasteiger charge is 2.32. The maximum Gasteiger partial charge on any atom is 0.342 e. The molecule has 0 spiro atoms. The van der Waals surface area contributed by atoms with Crippen LogP contribution in [0, 0.1) is 0 Å². The third-order valence-electron chi connectivity index (χ3n) is 6.49. The molecule has 6 nitrogen and oxygen atoms in total. The number of methoxy groups -OCH3 is 1. The molecular weight excluding hydrogens is 438 g/mol. The summed E-state index contributed by atoms with van der Waals surface area (Å²) in [6.45, 7) is 9.43. The van der Waals surface area contributed by atoms with E-state index in [1.807, 2.05) is 62.4 Å². The number of rotatable bonds is 9. The van der Waals surface area contributed by atoms with Gasteiger partial charge in [0.1, 0.15) is 17.1 Å². The maximum absolute atomic E-state index is 13.3. The Kier molecular flexibility index (Phi) is 8.03. The largest absolute Gasteiger partial charge is 0.497 e. The number of aromatic nitrogens is 1. The first-order valence-corrected chi connectivity index (χ1v) is 12.4. The van der Waals surface area contributed by atoms with Gasteiger partial charge in [-0.1, -0.05) is 49.4 Å². The lowest BCUT2D eigenvalue weighted by atomic mass is 10.0. The predicted octanol–water partition coefficient (Wildman–Crippen LogP) is 5.42. The fourth-order valence-corrected chi connectivity index (χ4v) is 4.72. The summed E-state index contributed by atoms with van der Waals surface area (Å²) in [5, 5.41) is 0. The van der Waals surface area contributed by atoms with Gasteiger partial charge in [-0.15, -0.1) is 0 Å². The summed E-state index contributed by atoms with van der Waals surface area (Å²) < 4.78 is 11.0. The van der Waals surface area contributed by atoms with Gasteiger partial charge in [-0.25, -0.2) is 9.78 Å². The van der Waals surface area contributed by atoms with Crippen molar-refractivity contribution in [2.24, 2.45) is 0 Å². The number of anilines is 1. The second-order valence-corrected chi connectivity index (χ2v) is 9.18. The van der Waals surface area contributed by atoms with Crippen LogP contribution in [0.3, 0.4) is 0 Å². The number of carbonyl (C=O) groups is 1. The van der Waals surface area contributed by atoms with Crippen molar-refractivity contribution in [3.8, 4) is 16.9 Å². The van der Waals surface area contributed by atoms with Gasteiger partial charge >= 0.3 is 5.97 Å². The number of hydrogen-bond donors (Lipinski definition) is 0. The first-order valence-electron chi connectivity index (χ1n) is 12.4. The van der Waals surface area contributed by atoms with E-state index in [1.54, 1.807) is 13.3 Å². The molecule has 1 unspecified atom stereocenters. The first kappa shape index (κ1) is 24.7. The number of esters is 1. The number of ether oxygens (including phenoxy) is 2. The lowest BCUT2D eigenvalue weighted by Gasteiger charge is -2.28. The van der Waals surface area contributed by atoms with E-state index in [-0.39, 0.29) is 12.1 Å². The molecular formula is C29H35N3O3. The molecule has 1 fully saturated rings. The zero-order valence-corrected chi connectivity index (χ0v) is 21.1. The second-order valence-electron chi connectivity index (χ2n) is 9.18. The molecule has 2 heterocycles. The highest BCUT2D eigenvalue weighted by atomic mass is 16.5. The Labute approximate surface area is 208 Å². The highest BCUT2D eigenvalue weighted by Crippen LogP contribution is 2.33. The summed E-state index contributed by atoms with van der Waals surface area (Å²) in [5.41, 5.74) is 3.65. The van der Waals surface area contributed by atoms with Crippen LogP contribution in [-0.2, 0) is 11.3 Å². The van der Waals surface area contributed by atoms with E-state index in [9.17, 15) is 4.79 Å². The summed E-state index contributed by atoms with van der Waals surface area (Å²) >= 11 is 0. The number of pyridine rings is 1. The van der Waals surface area contributed by atoms with Gasteiger partial charge in [0.05, 0.1) is 13.2 Å². The fraction of sp³-hybridized carbons (Fsp3) is 0.379. The van der Waals surface area contributed by atoms with Crippen molar-refractivity contribution >= 4 is 11.8 Å². The van der Waals surface area contributed by atoms with Crippen molar-refractivity contribution < 1.29 is 14.3 Å². The van der Waals surface area contributed by atoms with E-state index in [4.69, 9.17) is 14.5 Å². The summed E-state index contributed by atoms with van der Waals surface area (Å²) in [6.07, 6.45) is 2.61. The molecule has 1 atom stereocenters. The molecule has 0 aliphatic carbocycles. The van der Waals surface area contributed by atoms with Crippen molar-refractivity contribution in [2.75, 3.05) is 31.6 Å². The molecule has 3 aromatic rings. The number of benzene rings is 2. The number of likely N-dealkylation sites (N-methyl/N-ethyl adjacent to an activating group) is 1. The van der Waals surface area contributed by atoms with Gasteiger partial charge in [0, 0.05) is 37.4 Å². The SMILES string of the molecule is CCN(Cc1ccc(OC)cc1)C1CCN(c2nccc(-c3ccccc3)c2C(=O)OC(C)C)C1. The minimum atomic E-state index is -0.323. The van der Waals surface area contributed by atoms with Crippen LogP contribution in [0.5, 0.6) is 5.75 Å². The monoisotopic (exact) mass is 473 g/mol. The molecule has 0 N–H and O–H groups in total. The number of nitrogens with zero attached hydrogens (tertiary/aromatic N) is 3. The Morgan fingerprint density at radius 3 is 2.51 bits per heavy atom. The number of hydrogen-bond acceptors (Lipinski definition) is 6. The Morgan fingerprint density at radius 1 is 1.11 bits per heavy atom. The summed E-state index contributed by atoms with van der Waals surface area (Å²) in [6, 6.07) is 20.5. The van der Waals surface area contributed by atoms with Gasteiger partial charge in [-0.05, 0) is 56.1 Å². The minimum absolute atomic E-state index is 0.203. The van der Waals surface area contributed by atoms with E-state index < -0.39 is 0 Å². The summed E-state index contributed by atoms with van der Waals surface area (Å²) in [5.74, 6) is 1.25. The average molecular weight is 474 g/mol. The van der Waals surface area contributed by atoms with Crippen molar-refractivity contribution in [1.29, 1.82) is 0 Å². The van der Waals surface area contributed by atoms with Crippen LogP contribution in [-0.4, -0.2) is 54.7 Å². The molecule has 0 radical (unpaired) electrons. The molecule has 1 saturated heterocycles. The minimum Gasteiger partial charge on any atom is -0.497 e. The zero-order chi connectivity index (χ0) is 24.8. The van der Waals surface area contributed by atoms with E-state index >= 15 is 0 Å². The lowest BCUT2D eigenvalue weighted by molar-refractivity contribution is 0.0379. The van der Waals surface area contributed by atoms with E-state index in [2.05, 4.69) is 28.9 Å². The average Bonchev–Trinajstić information content (AvgIpc) is 3.37. The molecule has 0 saturated carbocycles. The van der Waals surface area contributed by atoms with Gasteiger partial charge in [0.15, 0.2) is 0 Å². The van der Waals surface area contributed by atoms with Crippen LogP contribution < -0.4 is 9.64 Å². The molecule has 4 rings (SSSR count). The molecule has 2 aromatic carbocycles. The van der Waals surface area contributed by atoms with E-state index in [0.29, 0.717) is 17.4 Å². The molecule has 184 valence electrons. The van der Waals surface area contributed by atoms with Gasteiger partial charge in [-0.2, -0.15) is 0 Å². The topological polar surface area (TPSA) is 54.9 Å². The van der Waals surface area contributed by atoms with Gasteiger partial charge in [0.2, 0.25) is 0 Å². The van der Waals surface area contributed by atoms with Gasteiger partial charge in [-0.3, -0.25) is 4.90 Å². The van der Waals surface area contributed by atoms with E-state index in [1.165, 1.54) is 5.56 Å². The van der Waals surface area contributed by atoms with Crippen LogP contribution in [0.4, 0.5) is 5.82 Å². The Hall–Kier alpha value is -3.38. The quantitative estimate of drug-likeness (QED) is 0.387. The molecule has 6 heteroatoms. The van der Waals surface area contributed by atoms with Crippen molar-refractivity contribution in [3.63, 3.8) is 0 Å². The maximum atomic E-state index is 13.3. The van der Waals surface area contributed by atoms with E-state index in [0.717, 1.165) is 49.5 Å². The lowest BCUT2D eigenvalue weighted by Crippen LogP contribution is -2.37. The summed E-state index contributed by atoms with van der Waals surface area (Å²) in [4.78, 5) is 22.7. The Bertz CT molecular complexity index is 1120. The molecule has 35 heavy (non-hydrogen) atoms. The third-order valence-corrected chi connectivity index (χ3v) is 6.49. The summed E-state index contributed by atoms with van der Waals surface area (Å²) in [7, 11) is 1.69. The normalized spacial score (nSPS) is 15.6. The zero-order valence-electron chi connectivity index (χ0n) is 21.1. The van der Waals surface area contributed by atoms with Crippen LogP contribution in [0.15, 0.2) is 66.9 Å². The van der Waals surface area contributed by atoms with Crippen molar-refractivity contribution in [1.82, 2.24) is 9.88 Å². The predicted molar refractivity (Wildman–Crippen MR) is 140 cm³/mol. The molecule has 0 bridgehead atoms. The second kappa shape index (κ2) is 11.4. The highest BCUT2D eigenvalue weighted by molar-refractivity contribution is 6.02. The Morgan fingerprint density at radius 2 is 1.86 bits per heavy atom. The third kappa shape index (κ3) is 5.82. The van der Waals surface area contributed by atoms with Crippen molar-refractivity contribution in [3.05, 3.63) is 78.0 Å². The standard InChI is InChI=1S/C29H35N3O3/c1-5-31(19-22-11-13-25(34-4)14-12-22)24-16-18-32(20-24)28-27(29(33)35-21(2)3)26(15-17-30-28)23-9-7-6-8-10-23/h6-15,17,21,24H,5,16,18-20H2,1-4H3. The van der Waals surface area contributed by atoms with Gasteiger partial charge in [0.25, 0.3) is 0 Å².